The van der Waals surface area contributed by atoms with Gasteiger partial charge in [-0.1, -0.05) is 18.2 Å². The molecule has 1 aromatic carbocycles. The van der Waals surface area contributed by atoms with Crippen molar-refractivity contribution in [2.75, 3.05) is 33.0 Å². The van der Waals surface area contributed by atoms with E-state index in [1.54, 1.807) is 20.8 Å². The summed E-state index contributed by atoms with van der Waals surface area (Å²) in [5, 5.41) is 11.7. The van der Waals surface area contributed by atoms with Crippen molar-refractivity contribution in [3.63, 3.8) is 0 Å². The average molecular weight is 353 g/mol. The van der Waals surface area contributed by atoms with Crippen LogP contribution in [0.4, 0.5) is 4.79 Å². The molecule has 0 unspecified atom stereocenters. The first kappa shape index (κ1) is 19.5. The second kappa shape index (κ2) is 8.51. The SMILES string of the molecule is CC(C)(C)OC(=O)NCC1(Cc2ccccc2OCCO)OCCO1. The molecular formula is C18H27NO6. The quantitative estimate of drug-likeness (QED) is 0.778. The van der Waals surface area contributed by atoms with Crippen molar-refractivity contribution in [1.82, 2.24) is 5.32 Å². The fourth-order valence-electron chi connectivity index (χ4n) is 2.52. The molecule has 7 nitrogen and oxygen atoms in total. The van der Waals surface area contributed by atoms with Crippen molar-refractivity contribution in [3.8, 4) is 5.75 Å². The maximum Gasteiger partial charge on any atom is 0.407 e. The van der Waals surface area contributed by atoms with Crippen LogP contribution in [0.15, 0.2) is 24.3 Å². The number of rotatable bonds is 7. The van der Waals surface area contributed by atoms with Crippen molar-refractivity contribution < 1.29 is 28.8 Å². The Labute approximate surface area is 148 Å². The van der Waals surface area contributed by atoms with Gasteiger partial charge in [0.15, 0.2) is 5.79 Å². The van der Waals surface area contributed by atoms with E-state index in [1.165, 1.54) is 0 Å². The number of aliphatic hydroxyl groups is 1. The highest BCUT2D eigenvalue weighted by atomic mass is 16.7. The summed E-state index contributed by atoms with van der Waals surface area (Å²) in [5.74, 6) is -0.303. The number of aliphatic hydroxyl groups excluding tert-OH is 1. The molecule has 1 aromatic rings. The van der Waals surface area contributed by atoms with E-state index < -0.39 is 17.5 Å². The Morgan fingerprint density at radius 1 is 1.28 bits per heavy atom. The number of hydrogen-bond acceptors (Lipinski definition) is 6. The summed E-state index contributed by atoms with van der Waals surface area (Å²) in [6, 6.07) is 7.49. The Bertz CT molecular complexity index is 563. The normalized spacial score (nSPS) is 16.5. The van der Waals surface area contributed by atoms with Gasteiger partial charge < -0.3 is 29.4 Å². The van der Waals surface area contributed by atoms with Crippen LogP contribution in [0, 0.1) is 0 Å². The molecule has 1 aliphatic heterocycles. The second-order valence-corrected chi connectivity index (χ2v) is 6.82. The zero-order valence-corrected chi connectivity index (χ0v) is 15.0. The Hall–Kier alpha value is -1.83. The zero-order valence-electron chi connectivity index (χ0n) is 15.0. The molecule has 1 heterocycles. The molecule has 1 aliphatic rings. The molecule has 1 saturated heterocycles. The van der Waals surface area contributed by atoms with Crippen molar-refractivity contribution >= 4 is 6.09 Å². The van der Waals surface area contributed by atoms with Gasteiger partial charge in [-0.2, -0.15) is 0 Å². The van der Waals surface area contributed by atoms with Crippen LogP contribution in [0.5, 0.6) is 5.75 Å². The van der Waals surface area contributed by atoms with Crippen molar-refractivity contribution in [2.45, 2.75) is 38.6 Å². The third-order valence-corrected chi connectivity index (χ3v) is 3.50. The fourth-order valence-corrected chi connectivity index (χ4v) is 2.52. The molecule has 2 N–H and O–H groups in total. The van der Waals surface area contributed by atoms with Crippen LogP contribution in [0.3, 0.4) is 0 Å². The van der Waals surface area contributed by atoms with Crippen LogP contribution < -0.4 is 10.1 Å². The van der Waals surface area contributed by atoms with E-state index in [-0.39, 0.29) is 19.8 Å². The van der Waals surface area contributed by atoms with Crippen LogP contribution in [-0.2, 0) is 20.6 Å². The van der Waals surface area contributed by atoms with Crippen molar-refractivity contribution in [2.24, 2.45) is 0 Å². The highest BCUT2D eigenvalue weighted by Crippen LogP contribution is 2.29. The van der Waals surface area contributed by atoms with Gasteiger partial charge >= 0.3 is 6.09 Å². The van der Waals surface area contributed by atoms with E-state index in [0.717, 1.165) is 5.56 Å². The maximum atomic E-state index is 11.9. The van der Waals surface area contributed by atoms with Gasteiger partial charge in [0.1, 0.15) is 18.0 Å². The molecule has 0 aromatic heterocycles. The molecule has 0 saturated carbocycles. The Kier molecular flexibility index (Phi) is 6.64. The molecule has 0 atom stereocenters. The van der Waals surface area contributed by atoms with E-state index >= 15 is 0 Å². The molecule has 0 radical (unpaired) electrons. The first-order valence-electron chi connectivity index (χ1n) is 8.40. The molecule has 1 amide bonds. The molecule has 7 heteroatoms. The van der Waals surface area contributed by atoms with Crippen LogP contribution in [0.1, 0.15) is 26.3 Å². The zero-order chi connectivity index (χ0) is 18.3. The van der Waals surface area contributed by atoms with Gasteiger partial charge in [0, 0.05) is 6.42 Å². The predicted octanol–water partition coefficient (Wildman–Crippen LogP) is 1.87. The minimum absolute atomic E-state index is 0.0628. The van der Waals surface area contributed by atoms with E-state index in [0.29, 0.717) is 25.4 Å². The lowest BCUT2D eigenvalue weighted by Crippen LogP contribution is -2.47. The largest absolute Gasteiger partial charge is 0.491 e. The van der Waals surface area contributed by atoms with Crippen molar-refractivity contribution in [3.05, 3.63) is 29.8 Å². The summed E-state index contributed by atoms with van der Waals surface area (Å²) in [7, 11) is 0. The topological polar surface area (TPSA) is 86.3 Å². The van der Waals surface area contributed by atoms with Gasteiger partial charge in [0.25, 0.3) is 0 Å². The maximum absolute atomic E-state index is 11.9. The number of alkyl carbamates (subject to hydrolysis) is 1. The monoisotopic (exact) mass is 353 g/mol. The highest BCUT2D eigenvalue weighted by molar-refractivity contribution is 5.67. The lowest BCUT2D eigenvalue weighted by atomic mass is 10.0. The third-order valence-electron chi connectivity index (χ3n) is 3.50. The molecular weight excluding hydrogens is 326 g/mol. The average Bonchev–Trinajstić information content (AvgIpc) is 2.99. The molecule has 1 fully saturated rings. The van der Waals surface area contributed by atoms with E-state index in [2.05, 4.69) is 5.32 Å². The number of nitrogens with one attached hydrogen (secondary N) is 1. The van der Waals surface area contributed by atoms with Gasteiger partial charge in [0.2, 0.25) is 0 Å². The van der Waals surface area contributed by atoms with E-state index in [9.17, 15) is 4.79 Å². The van der Waals surface area contributed by atoms with Crippen LogP contribution in [0.25, 0.3) is 0 Å². The van der Waals surface area contributed by atoms with Crippen LogP contribution >= 0.6 is 0 Å². The van der Waals surface area contributed by atoms with Crippen molar-refractivity contribution in [1.29, 1.82) is 0 Å². The minimum Gasteiger partial charge on any atom is -0.491 e. The number of hydrogen-bond donors (Lipinski definition) is 2. The molecule has 140 valence electrons. The van der Waals surface area contributed by atoms with Gasteiger partial charge in [-0.25, -0.2) is 4.79 Å². The Morgan fingerprint density at radius 3 is 2.60 bits per heavy atom. The van der Waals surface area contributed by atoms with Gasteiger partial charge in [-0.3, -0.25) is 0 Å². The van der Waals surface area contributed by atoms with Gasteiger partial charge in [-0.15, -0.1) is 0 Å². The summed E-state index contributed by atoms with van der Waals surface area (Å²) >= 11 is 0. The smallest absolute Gasteiger partial charge is 0.407 e. The Morgan fingerprint density at radius 2 is 1.96 bits per heavy atom. The summed E-state index contributed by atoms with van der Waals surface area (Å²) < 4.78 is 22.4. The van der Waals surface area contributed by atoms with E-state index in [4.69, 9.17) is 24.1 Å². The summed E-state index contributed by atoms with van der Waals surface area (Å²) in [4.78, 5) is 11.9. The summed E-state index contributed by atoms with van der Waals surface area (Å²) in [5.41, 5.74) is 0.308. The minimum atomic E-state index is -0.963. The summed E-state index contributed by atoms with van der Waals surface area (Å²) in [6.07, 6.45) is -0.111. The molecule has 0 spiro atoms. The number of carbonyl (C=O) groups excluding carboxylic acids is 1. The lowest BCUT2D eigenvalue weighted by molar-refractivity contribution is -0.152. The fraction of sp³-hybridized carbons (Fsp3) is 0.611. The number of benzene rings is 1. The first-order chi connectivity index (χ1) is 11.8. The highest BCUT2D eigenvalue weighted by Gasteiger charge is 2.38. The van der Waals surface area contributed by atoms with Crippen LogP contribution in [0.2, 0.25) is 0 Å². The standard InChI is InChI=1S/C18H27NO6/c1-17(2,3)25-16(21)19-13-18(23-10-11-24-18)12-14-6-4-5-7-15(14)22-9-8-20/h4-7,20H,8-13H2,1-3H3,(H,19,21). The van der Waals surface area contributed by atoms with Gasteiger partial charge in [-0.05, 0) is 32.4 Å². The van der Waals surface area contributed by atoms with E-state index in [1.807, 2.05) is 24.3 Å². The first-order valence-corrected chi connectivity index (χ1v) is 8.40. The number of amides is 1. The third kappa shape index (κ3) is 6.19. The molecule has 2 rings (SSSR count). The number of carbonyl (C=O) groups is 1. The molecule has 0 bridgehead atoms. The summed E-state index contributed by atoms with van der Waals surface area (Å²) in [6.45, 7) is 6.63. The second-order valence-electron chi connectivity index (χ2n) is 6.82. The van der Waals surface area contributed by atoms with Gasteiger partial charge in [0.05, 0.1) is 26.4 Å². The lowest BCUT2D eigenvalue weighted by Gasteiger charge is -2.29. The number of ether oxygens (including phenoxy) is 4. The predicted molar refractivity (Wildman–Crippen MR) is 91.6 cm³/mol. The van der Waals surface area contributed by atoms with Crippen LogP contribution in [-0.4, -0.2) is 55.6 Å². The Balaban J connectivity index is 2.04. The molecule has 0 aliphatic carbocycles. The number of para-hydroxylation sites is 1. The molecule has 25 heavy (non-hydrogen) atoms.